The van der Waals surface area contributed by atoms with Crippen molar-refractivity contribution < 1.29 is 107 Å². The predicted molar refractivity (Wildman–Crippen MR) is 85.6 cm³/mol. The standard InChI is InChI=1S/C14H19N2O11P.2Na/c1-7(17)15-11-13(19)12(18)10(6-25-28(22,23)24)27-14(11)26-9-4-2-8(3-5-9)16(20)21;;/h2-5,10-14,18-19H,6H2,1H3,(H,15,17)(H2,22,23,24);;/q;2*+1/p-2/t10-,11-,12-,13-,14-;;/m1../s1. The summed E-state index contributed by atoms with van der Waals surface area (Å²) >= 11 is 0. The van der Waals surface area contributed by atoms with Crippen molar-refractivity contribution in [2.75, 3.05) is 6.61 Å². The Kier molecular flexibility index (Phi) is 12.7. The van der Waals surface area contributed by atoms with Crippen LogP contribution in [-0.4, -0.2) is 58.3 Å². The van der Waals surface area contributed by atoms with Gasteiger partial charge in [-0.3, -0.25) is 14.9 Å². The van der Waals surface area contributed by atoms with Gasteiger partial charge in [-0.2, -0.15) is 0 Å². The molecule has 1 saturated heterocycles. The molecule has 1 aliphatic heterocycles. The molecule has 1 amide bonds. The predicted octanol–water partition coefficient (Wildman–Crippen LogP) is -8.22. The van der Waals surface area contributed by atoms with Crippen molar-refractivity contribution in [3.8, 4) is 5.75 Å². The fourth-order valence-electron chi connectivity index (χ4n) is 2.50. The number of carbonyl (C=O) groups is 1. The van der Waals surface area contributed by atoms with Crippen LogP contribution in [0.5, 0.6) is 5.75 Å². The number of aliphatic hydroxyl groups excluding tert-OH is 2. The van der Waals surface area contributed by atoms with Crippen LogP contribution in [0.4, 0.5) is 5.69 Å². The zero-order valence-electron chi connectivity index (χ0n) is 16.4. The van der Waals surface area contributed by atoms with Crippen molar-refractivity contribution in [2.45, 2.75) is 37.6 Å². The largest absolute Gasteiger partial charge is 1.00 e. The van der Waals surface area contributed by atoms with Gasteiger partial charge in [0, 0.05) is 19.1 Å². The molecule has 1 aliphatic rings. The molecule has 1 heterocycles. The SMILES string of the molecule is CC(=O)N[C@H]1[C@H](Oc2ccc([N+](=O)[O-])cc2)O[C@H](COP(=O)([O-])[O-])[C@@H](O)[C@@H]1O.[Na+].[Na+]. The zero-order chi connectivity index (χ0) is 21.1. The Hall–Kier alpha value is -0.120. The Labute approximate surface area is 215 Å². The van der Waals surface area contributed by atoms with Gasteiger partial charge in [-0.15, -0.1) is 0 Å². The molecule has 5 atom stereocenters. The normalized spacial score (nSPS) is 26.0. The fourth-order valence-corrected chi connectivity index (χ4v) is 2.83. The molecule has 16 heteroatoms. The van der Waals surface area contributed by atoms with Crippen molar-refractivity contribution in [2.24, 2.45) is 0 Å². The monoisotopic (exact) mass is 466 g/mol. The van der Waals surface area contributed by atoms with E-state index >= 15 is 0 Å². The number of phosphoric acid groups is 1. The van der Waals surface area contributed by atoms with Crippen LogP contribution in [0.25, 0.3) is 0 Å². The maximum atomic E-state index is 11.4. The number of nitro groups is 1. The second kappa shape index (κ2) is 12.8. The molecule has 0 bridgehead atoms. The first-order valence-corrected chi connectivity index (χ1v) is 9.30. The molecule has 1 aromatic carbocycles. The molecular formula is C14H17N2Na2O11P. The maximum absolute atomic E-state index is 11.4. The second-order valence-corrected chi connectivity index (χ2v) is 7.01. The third-order valence-corrected chi connectivity index (χ3v) is 4.23. The van der Waals surface area contributed by atoms with Gasteiger partial charge >= 0.3 is 59.1 Å². The number of nitrogens with one attached hydrogen (secondary N) is 1. The molecule has 0 aliphatic carbocycles. The molecule has 0 saturated carbocycles. The fraction of sp³-hybridized carbons (Fsp3) is 0.500. The summed E-state index contributed by atoms with van der Waals surface area (Å²) in [6.07, 6.45) is -6.28. The van der Waals surface area contributed by atoms with Crippen LogP contribution in [-0.2, 0) is 18.6 Å². The Morgan fingerprint density at radius 2 is 1.80 bits per heavy atom. The van der Waals surface area contributed by atoms with Crippen molar-refractivity contribution >= 4 is 19.4 Å². The minimum atomic E-state index is -5.36. The molecule has 30 heavy (non-hydrogen) atoms. The van der Waals surface area contributed by atoms with E-state index in [1.54, 1.807) is 0 Å². The van der Waals surface area contributed by atoms with Crippen molar-refractivity contribution in [3.63, 3.8) is 0 Å². The summed E-state index contributed by atoms with van der Waals surface area (Å²) in [4.78, 5) is 42.7. The Balaban J connectivity index is 0.00000420. The van der Waals surface area contributed by atoms with Gasteiger partial charge in [-0.05, 0) is 12.1 Å². The van der Waals surface area contributed by atoms with E-state index in [4.69, 9.17) is 9.47 Å². The first-order chi connectivity index (χ1) is 13.0. The summed E-state index contributed by atoms with van der Waals surface area (Å²) in [5.74, 6) is -0.525. The number of hydrogen-bond donors (Lipinski definition) is 3. The van der Waals surface area contributed by atoms with Crippen LogP contribution in [0.2, 0.25) is 0 Å². The van der Waals surface area contributed by atoms with E-state index in [0.29, 0.717) is 0 Å². The zero-order valence-corrected chi connectivity index (χ0v) is 21.3. The first-order valence-electron chi connectivity index (χ1n) is 7.84. The number of ether oxygens (including phenoxy) is 2. The van der Waals surface area contributed by atoms with Crippen LogP contribution in [0, 0.1) is 10.1 Å². The summed E-state index contributed by atoms with van der Waals surface area (Å²) in [7, 11) is -5.36. The molecule has 0 aromatic heterocycles. The number of rotatable bonds is 7. The molecule has 1 aromatic rings. The van der Waals surface area contributed by atoms with E-state index in [-0.39, 0.29) is 70.6 Å². The van der Waals surface area contributed by atoms with Gasteiger partial charge in [-0.1, -0.05) is 0 Å². The molecule has 0 radical (unpaired) electrons. The van der Waals surface area contributed by atoms with Crippen LogP contribution >= 0.6 is 7.82 Å². The number of hydrogen-bond acceptors (Lipinski definition) is 11. The molecular weight excluding hydrogens is 449 g/mol. The average molecular weight is 466 g/mol. The number of nitrogens with zero attached hydrogens (tertiary/aromatic N) is 1. The Bertz CT molecular complexity index is 763. The van der Waals surface area contributed by atoms with Crippen LogP contribution in [0.15, 0.2) is 24.3 Å². The van der Waals surface area contributed by atoms with Crippen molar-refractivity contribution in [3.05, 3.63) is 34.4 Å². The van der Waals surface area contributed by atoms with Gasteiger partial charge in [0.15, 0.2) is 0 Å². The molecule has 3 N–H and O–H groups in total. The van der Waals surface area contributed by atoms with E-state index in [1.807, 2.05) is 0 Å². The Morgan fingerprint density at radius 1 is 1.23 bits per heavy atom. The molecule has 13 nitrogen and oxygen atoms in total. The number of carbonyl (C=O) groups excluding carboxylic acids is 1. The molecule has 156 valence electrons. The Morgan fingerprint density at radius 3 is 2.27 bits per heavy atom. The summed E-state index contributed by atoms with van der Waals surface area (Å²) in [6, 6.07) is 3.48. The number of phosphoric ester groups is 1. The van der Waals surface area contributed by atoms with E-state index in [9.17, 15) is 39.5 Å². The van der Waals surface area contributed by atoms with E-state index in [2.05, 4.69) is 9.84 Å². The van der Waals surface area contributed by atoms with Gasteiger partial charge in [0.05, 0.1) is 19.4 Å². The molecule has 0 unspecified atom stereocenters. The van der Waals surface area contributed by atoms with Crippen molar-refractivity contribution in [1.29, 1.82) is 0 Å². The number of non-ortho nitro benzene ring substituents is 1. The van der Waals surface area contributed by atoms with E-state index in [0.717, 1.165) is 19.1 Å². The first kappa shape index (κ1) is 29.9. The quantitative estimate of drug-likeness (QED) is 0.149. The smallest absolute Gasteiger partial charge is 0.790 e. The van der Waals surface area contributed by atoms with Gasteiger partial charge in [-0.25, -0.2) is 0 Å². The average Bonchev–Trinajstić information content (AvgIpc) is 2.59. The van der Waals surface area contributed by atoms with E-state index < -0.39 is 55.9 Å². The third kappa shape index (κ3) is 8.79. The van der Waals surface area contributed by atoms with Crippen LogP contribution in [0.3, 0.4) is 0 Å². The maximum Gasteiger partial charge on any atom is 1.00 e. The summed E-state index contributed by atoms with van der Waals surface area (Å²) < 4.78 is 25.5. The molecule has 2 rings (SSSR count). The van der Waals surface area contributed by atoms with Crippen molar-refractivity contribution in [1.82, 2.24) is 5.32 Å². The van der Waals surface area contributed by atoms with Gasteiger partial charge in [0.2, 0.25) is 12.2 Å². The summed E-state index contributed by atoms with van der Waals surface area (Å²) in [5.41, 5.74) is -0.210. The van der Waals surface area contributed by atoms with Crippen LogP contribution in [0.1, 0.15) is 6.92 Å². The molecule has 1 fully saturated rings. The number of nitro benzene ring substituents is 1. The second-order valence-electron chi connectivity index (χ2n) is 5.86. The van der Waals surface area contributed by atoms with Gasteiger partial charge in [0.1, 0.15) is 30.1 Å². The minimum absolute atomic E-state index is 0. The minimum Gasteiger partial charge on any atom is -0.790 e. The third-order valence-electron chi connectivity index (χ3n) is 3.77. The van der Waals surface area contributed by atoms with Crippen LogP contribution < -0.4 is 79.0 Å². The number of aliphatic hydroxyl groups is 2. The summed E-state index contributed by atoms with van der Waals surface area (Å²) in [5, 5.41) is 33.3. The summed E-state index contributed by atoms with van der Waals surface area (Å²) in [6.45, 7) is 0.248. The van der Waals surface area contributed by atoms with E-state index in [1.165, 1.54) is 12.1 Å². The van der Waals surface area contributed by atoms with Gasteiger partial charge in [0.25, 0.3) is 5.69 Å². The topological polar surface area (TPSA) is 204 Å². The number of benzene rings is 1. The number of amides is 1. The van der Waals surface area contributed by atoms with Gasteiger partial charge < -0.3 is 43.9 Å². The molecule has 0 spiro atoms.